The number of nitrogens with two attached hydrogens (primary N) is 2. The quantitative estimate of drug-likeness (QED) is 0.350. The number of nitrogen functional groups attached to an aromatic ring is 2. The Labute approximate surface area is 175 Å². The summed E-state index contributed by atoms with van der Waals surface area (Å²) in [4.78, 5) is 0. The van der Waals surface area contributed by atoms with E-state index in [1.165, 1.54) is 27.8 Å². The molecule has 0 heterocycles. The molecule has 29 heavy (non-hydrogen) atoms. The molecule has 142 valence electrons. The molecule has 4 aromatic carbocycles. The van der Waals surface area contributed by atoms with Gasteiger partial charge in [0.2, 0.25) is 0 Å². The summed E-state index contributed by atoms with van der Waals surface area (Å²) < 4.78 is 0. The maximum Gasteiger partial charge on any atom is 0.0714 e. The van der Waals surface area contributed by atoms with Crippen molar-refractivity contribution in [1.82, 2.24) is 0 Å². The van der Waals surface area contributed by atoms with Gasteiger partial charge >= 0.3 is 0 Å². The zero-order valence-corrected chi connectivity index (χ0v) is 16.9. The molecule has 0 unspecified atom stereocenters. The van der Waals surface area contributed by atoms with E-state index in [1.54, 1.807) is 0 Å². The lowest BCUT2D eigenvalue weighted by atomic mass is 9.67. The lowest BCUT2D eigenvalue weighted by Crippen LogP contribution is -2.28. The minimum Gasteiger partial charge on any atom is -0.399 e. The van der Waals surface area contributed by atoms with Crippen molar-refractivity contribution in [2.75, 3.05) is 11.5 Å². The van der Waals surface area contributed by atoms with E-state index in [0.29, 0.717) is 0 Å². The van der Waals surface area contributed by atoms with Gasteiger partial charge in [0.1, 0.15) is 0 Å². The summed E-state index contributed by atoms with van der Waals surface area (Å²) in [6.45, 7) is 2.13. The lowest BCUT2D eigenvalue weighted by molar-refractivity contribution is 0.768. The van der Waals surface area contributed by atoms with Gasteiger partial charge in [-0.15, -0.1) is 0 Å². The fourth-order valence-electron chi connectivity index (χ4n) is 4.66. The van der Waals surface area contributed by atoms with Crippen LogP contribution in [0.5, 0.6) is 0 Å². The average Bonchev–Trinajstić information content (AvgIpc) is 2.99. The van der Waals surface area contributed by atoms with Gasteiger partial charge in [0.25, 0.3) is 0 Å². The molecule has 1 aliphatic carbocycles. The number of hydrogen-bond donors (Lipinski definition) is 2. The van der Waals surface area contributed by atoms with Crippen molar-refractivity contribution < 1.29 is 0 Å². The van der Waals surface area contributed by atoms with E-state index in [4.69, 9.17) is 23.1 Å². The van der Waals surface area contributed by atoms with Crippen molar-refractivity contribution in [3.8, 4) is 11.1 Å². The standard InChI is InChI=1S/C26H21ClN2/c1-16-2-12-22-23-13-7-19(27)15-25(23)26(24(22)14-16,17-3-8-20(28)9-4-17)18-5-10-21(29)11-6-18/h2-15H,28-29H2,1H3. The summed E-state index contributed by atoms with van der Waals surface area (Å²) >= 11 is 6.51. The van der Waals surface area contributed by atoms with Crippen molar-refractivity contribution in [3.63, 3.8) is 0 Å². The molecule has 1 aliphatic rings. The summed E-state index contributed by atoms with van der Waals surface area (Å²) in [5.41, 5.74) is 21.5. The molecule has 0 bridgehead atoms. The molecule has 0 aliphatic heterocycles. The number of benzene rings is 4. The van der Waals surface area contributed by atoms with Gasteiger partial charge in [0.05, 0.1) is 5.41 Å². The summed E-state index contributed by atoms with van der Waals surface area (Å²) in [6.07, 6.45) is 0. The first kappa shape index (κ1) is 17.8. The topological polar surface area (TPSA) is 52.0 Å². The minimum atomic E-state index is -0.483. The largest absolute Gasteiger partial charge is 0.399 e. The molecule has 0 saturated heterocycles. The van der Waals surface area contributed by atoms with Crippen LogP contribution < -0.4 is 11.5 Å². The zero-order valence-electron chi connectivity index (χ0n) is 16.1. The number of halogens is 1. The average molecular weight is 397 g/mol. The Kier molecular flexibility index (Phi) is 3.94. The fraction of sp³-hybridized carbons (Fsp3) is 0.0769. The maximum absolute atomic E-state index is 6.51. The first-order chi connectivity index (χ1) is 14.0. The molecule has 3 heteroatoms. The molecule has 4 aromatic rings. The number of aryl methyl sites for hydroxylation is 1. The Bertz CT molecular complexity index is 1130. The van der Waals surface area contributed by atoms with Crippen LogP contribution in [0.4, 0.5) is 11.4 Å². The SMILES string of the molecule is Cc1ccc2c(c1)C(c1ccc(N)cc1)(c1ccc(N)cc1)c1cc(Cl)ccc1-2. The van der Waals surface area contributed by atoms with Crippen LogP contribution in [0.1, 0.15) is 27.8 Å². The lowest BCUT2D eigenvalue weighted by Gasteiger charge is -2.34. The normalized spacial score (nSPS) is 13.7. The van der Waals surface area contributed by atoms with Gasteiger partial charge in [0, 0.05) is 16.4 Å². The summed E-state index contributed by atoms with van der Waals surface area (Å²) in [5, 5.41) is 0.726. The van der Waals surface area contributed by atoms with Crippen LogP contribution >= 0.6 is 11.6 Å². The van der Waals surface area contributed by atoms with Gasteiger partial charge in [-0.05, 0) is 76.7 Å². The predicted octanol–water partition coefficient (Wildman–Crippen LogP) is 6.18. The van der Waals surface area contributed by atoms with Gasteiger partial charge in [-0.25, -0.2) is 0 Å². The van der Waals surface area contributed by atoms with E-state index in [2.05, 4.69) is 61.5 Å². The van der Waals surface area contributed by atoms with Crippen LogP contribution in [-0.4, -0.2) is 0 Å². The fourth-order valence-corrected chi connectivity index (χ4v) is 4.84. The second kappa shape index (κ2) is 6.40. The number of anilines is 2. The van der Waals surface area contributed by atoms with Crippen LogP contribution in [0.15, 0.2) is 84.9 Å². The Morgan fingerprint density at radius 3 is 1.66 bits per heavy atom. The molecule has 0 saturated carbocycles. The number of hydrogen-bond acceptors (Lipinski definition) is 2. The second-order valence-electron chi connectivity index (χ2n) is 7.73. The van der Waals surface area contributed by atoms with E-state index in [-0.39, 0.29) is 0 Å². The summed E-state index contributed by atoms with van der Waals surface area (Å²) in [6, 6.07) is 29.2. The molecular formula is C26H21ClN2. The van der Waals surface area contributed by atoms with E-state index >= 15 is 0 Å². The van der Waals surface area contributed by atoms with Crippen LogP contribution in [0.2, 0.25) is 5.02 Å². The zero-order chi connectivity index (χ0) is 20.2. The number of rotatable bonds is 2. The Morgan fingerprint density at radius 1 is 0.621 bits per heavy atom. The maximum atomic E-state index is 6.51. The third kappa shape index (κ3) is 2.56. The van der Waals surface area contributed by atoms with Gasteiger partial charge in [-0.1, -0.05) is 65.7 Å². The van der Waals surface area contributed by atoms with Gasteiger partial charge in [-0.3, -0.25) is 0 Å². The molecule has 5 rings (SSSR count). The van der Waals surface area contributed by atoms with Gasteiger partial charge in [0.15, 0.2) is 0 Å². The van der Waals surface area contributed by atoms with E-state index in [0.717, 1.165) is 27.5 Å². The smallest absolute Gasteiger partial charge is 0.0714 e. The highest BCUT2D eigenvalue weighted by atomic mass is 35.5. The van der Waals surface area contributed by atoms with E-state index in [1.807, 2.05) is 30.3 Å². The van der Waals surface area contributed by atoms with E-state index < -0.39 is 5.41 Å². The van der Waals surface area contributed by atoms with Gasteiger partial charge in [-0.2, -0.15) is 0 Å². The molecular weight excluding hydrogens is 376 g/mol. The predicted molar refractivity (Wildman–Crippen MR) is 122 cm³/mol. The second-order valence-corrected chi connectivity index (χ2v) is 8.17. The van der Waals surface area contributed by atoms with Crippen molar-refractivity contribution >= 4 is 23.0 Å². The number of fused-ring (bicyclic) bond motifs is 3. The van der Waals surface area contributed by atoms with Gasteiger partial charge < -0.3 is 11.5 Å². The molecule has 0 atom stereocenters. The molecule has 0 aromatic heterocycles. The highest BCUT2D eigenvalue weighted by Crippen LogP contribution is 2.56. The Morgan fingerprint density at radius 2 is 1.10 bits per heavy atom. The first-order valence-corrected chi connectivity index (χ1v) is 10.0. The molecule has 0 radical (unpaired) electrons. The van der Waals surface area contributed by atoms with Crippen LogP contribution in [0, 0.1) is 6.92 Å². The minimum absolute atomic E-state index is 0.483. The van der Waals surface area contributed by atoms with Crippen LogP contribution in [0.3, 0.4) is 0 Å². The first-order valence-electron chi connectivity index (χ1n) is 9.64. The monoisotopic (exact) mass is 396 g/mol. The van der Waals surface area contributed by atoms with Crippen molar-refractivity contribution in [2.24, 2.45) is 0 Å². The van der Waals surface area contributed by atoms with Crippen molar-refractivity contribution in [3.05, 3.63) is 118 Å². The van der Waals surface area contributed by atoms with Crippen molar-refractivity contribution in [1.29, 1.82) is 0 Å². The third-order valence-corrected chi connectivity index (χ3v) is 6.18. The summed E-state index contributed by atoms with van der Waals surface area (Å²) in [5.74, 6) is 0. The molecule has 4 N–H and O–H groups in total. The highest BCUT2D eigenvalue weighted by molar-refractivity contribution is 6.30. The molecule has 2 nitrogen and oxygen atoms in total. The van der Waals surface area contributed by atoms with E-state index in [9.17, 15) is 0 Å². The van der Waals surface area contributed by atoms with Crippen LogP contribution in [0.25, 0.3) is 11.1 Å². The van der Waals surface area contributed by atoms with Crippen molar-refractivity contribution in [2.45, 2.75) is 12.3 Å². The summed E-state index contributed by atoms with van der Waals surface area (Å²) in [7, 11) is 0. The Hall–Kier alpha value is -3.23. The molecule has 0 amide bonds. The third-order valence-electron chi connectivity index (χ3n) is 5.94. The Balaban J connectivity index is 1.97. The molecule has 0 spiro atoms. The van der Waals surface area contributed by atoms with Crippen LogP contribution in [-0.2, 0) is 5.41 Å². The highest BCUT2D eigenvalue weighted by Gasteiger charge is 2.46. The molecule has 0 fully saturated rings.